The Morgan fingerprint density at radius 3 is 2.50 bits per heavy atom. The number of rotatable bonds is 4. The summed E-state index contributed by atoms with van der Waals surface area (Å²) in [4.78, 5) is 9.04. The molecule has 3 aromatic rings. The fourth-order valence-corrected chi connectivity index (χ4v) is 3.90. The van der Waals surface area contributed by atoms with Gasteiger partial charge in [-0.2, -0.15) is 0 Å². The predicted molar refractivity (Wildman–Crippen MR) is 113 cm³/mol. The zero-order valence-corrected chi connectivity index (χ0v) is 16.5. The molecule has 0 amide bonds. The summed E-state index contributed by atoms with van der Waals surface area (Å²) in [6.45, 7) is 8.70. The number of hydrogen-bond acceptors (Lipinski definition) is 3. The minimum absolute atomic E-state index is 0.138. The van der Waals surface area contributed by atoms with Gasteiger partial charge in [-0.3, -0.25) is 9.88 Å². The van der Waals surface area contributed by atoms with Crippen molar-refractivity contribution in [1.29, 1.82) is 0 Å². The molecule has 4 heteroatoms. The first-order chi connectivity index (χ1) is 13.6. The number of aryl methyl sites for hydroxylation is 1. The molecule has 1 fully saturated rings. The normalized spacial score (nSPS) is 15.0. The molecule has 0 N–H and O–H groups in total. The Morgan fingerprint density at radius 1 is 0.929 bits per heavy atom. The van der Waals surface area contributed by atoms with E-state index in [-0.39, 0.29) is 5.82 Å². The van der Waals surface area contributed by atoms with Gasteiger partial charge in [0.25, 0.3) is 0 Å². The van der Waals surface area contributed by atoms with Gasteiger partial charge in [0.15, 0.2) is 0 Å². The minimum atomic E-state index is -0.138. The predicted octanol–water partition coefficient (Wildman–Crippen LogP) is 4.83. The number of pyridine rings is 1. The lowest BCUT2D eigenvalue weighted by molar-refractivity contribution is 0.249. The van der Waals surface area contributed by atoms with Crippen molar-refractivity contribution >= 4 is 5.69 Å². The Labute approximate surface area is 166 Å². The van der Waals surface area contributed by atoms with Crippen molar-refractivity contribution in [2.24, 2.45) is 0 Å². The second-order valence-electron chi connectivity index (χ2n) is 7.54. The monoisotopic (exact) mass is 375 g/mol. The maximum atomic E-state index is 14.0. The Balaban J connectivity index is 1.43. The maximum absolute atomic E-state index is 14.0. The quantitative estimate of drug-likeness (QED) is 0.651. The Morgan fingerprint density at radius 2 is 1.71 bits per heavy atom. The highest BCUT2D eigenvalue weighted by atomic mass is 19.1. The topological polar surface area (TPSA) is 19.4 Å². The summed E-state index contributed by atoms with van der Waals surface area (Å²) >= 11 is 0. The fraction of sp³-hybridized carbons (Fsp3) is 0.292. The molecule has 0 spiro atoms. The highest BCUT2D eigenvalue weighted by molar-refractivity contribution is 5.68. The molecule has 1 aromatic heterocycles. The second kappa shape index (κ2) is 8.11. The van der Waals surface area contributed by atoms with E-state index in [0.29, 0.717) is 5.69 Å². The van der Waals surface area contributed by atoms with Gasteiger partial charge in [-0.05, 0) is 54.3 Å². The van der Waals surface area contributed by atoms with Crippen molar-refractivity contribution in [3.63, 3.8) is 0 Å². The fourth-order valence-electron chi connectivity index (χ4n) is 3.90. The van der Waals surface area contributed by atoms with E-state index in [1.165, 1.54) is 33.9 Å². The standard InChI is InChI=1S/C24H26FN3/c1-18-6-5-7-22(19(18)2)21-14-20(15-26-16-21)17-27-10-12-28(13-11-27)24-9-4-3-8-23(24)25/h3-9,14-16H,10-13,17H2,1-2H3. The third-order valence-corrected chi connectivity index (χ3v) is 5.68. The van der Waals surface area contributed by atoms with Crippen LogP contribution in [-0.2, 0) is 6.54 Å². The van der Waals surface area contributed by atoms with Crippen LogP contribution in [0.15, 0.2) is 60.9 Å². The molecule has 0 unspecified atom stereocenters. The molecule has 1 aliphatic rings. The molecular formula is C24H26FN3. The van der Waals surface area contributed by atoms with Crippen LogP contribution in [0.25, 0.3) is 11.1 Å². The molecule has 0 atom stereocenters. The summed E-state index contributed by atoms with van der Waals surface area (Å²) in [5.41, 5.74) is 6.95. The highest BCUT2D eigenvalue weighted by Gasteiger charge is 2.19. The third-order valence-electron chi connectivity index (χ3n) is 5.68. The van der Waals surface area contributed by atoms with Gasteiger partial charge in [0, 0.05) is 50.7 Å². The van der Waals surface area contributed by atoms with E-state index in [4.69, 9.17) is 0 Å². The van der Waals surface area contributed by atoms with Gasteiger partial charge in [0.1, 0.15) is 5.82 Å². The van der Waals surface area contributed by atoms with E-state index < -0.39 is 0 Å². The smallest absolute Gasteiger partial charge is 0.146 e. The molecule has 0 saturated carbocycles. The van der Waals surface area contributed by atoms with Gasteiger partial charge >= 0.3 is 0 Å². The number of hydrogen-bond donors (Lipinski definition) is 0. The zero-order valence-electron chi connectivity index (χ0n) is 16.5. The van der Waals surface area contributed by atoms with E-state index >= 15 is 0 Å². The summed E-state index contributed by atoms with van der Waals surface area (Å²) < 4.78 is 14.0. The summed E-state index contributed by atoms with van der Waals surface area (Å²) in [6, 6.07) is 15.7. The second-order valence-corrected chi connectivity index (χ2v) is 7.54. The van der Waals surface area contributed by atoms with Crippen molar-refractivity contribution in [2.75, 3.05) is 31.1 Å². The van der Waals surface area contributed by atoms with Crippen LogP contribution in [-0.4, -0.2) is 36.1 Å². The molecular weight excluding hydrogens is 349 g/mol. The number of piperazine rings is 1. The summed E-state index contributed by atoms with van der Waals surface area (Å²) in [7, 11) is 0. The molecule has 3 nitrogen and oxygen atoms in total. The van der Waals surface area contributed by atoms with Crippen LogP contribution in [0.3, 0.4) is 0 Å². The van der Waals surface area contributed by atoms with Crippen LogP contribution in [0.1, 0.15) is 16.7 Å². The Hall–Kier alpha value is -2.72. The van der Waals surface area contributed by atoms with Gasteiger partial charge in [0.05, 0.1) is 5.69 Å². The van der Waals surface area contributed by atoms with Crippen LogP contribution in [0.4, 0.5) is 10.1 Å². The number of halogens is 1. The largest absolute Gasteiger partial charge is 0.367 e. The summed E-state index contributed by atoms with van der Waals surface area (Å²) in [6.07, 6.45) is 3.90. The van der Waals surface area contributed by atoms with E-state index in [1.54, 1.807) is 6.07 Å². The van der Waals surface area contributed by atoms with Crippen molar-refractivity contribution in [3.8, 4) is 11.1 Å². The molecule has 144 valence electrons. The first kappa shape index (κ1) is 18.6. The molecule has 0 bridgehead atoms. The van der Waals surface area contributed by atoms with Gasteiger partial charge in [-0.25, -0.2) is 4.39 Å². The zero-order chi connectivity index (χ0) is 19.5. The van der Waals surface area contributed by atoms with Crippen LogP contribution in [0.5, 0.6) is 0 Å². The van der Waals surface area contributed by atoms with Gasteiger partial charge in [-0.1, -0.05) is 30.3 Å². The number of nitrogens with zero attached hydrogens (tertiary/aromatic N) is 3. The Kier molecular flexibility index (Phi) is 5.40. The molecule has 1 aliphatic heterocycles. The Bertz CT molecular complexity index is 962. The third kappa shape index (κ3) is 3.92. The van der Waals surface area contributed by atoms with E-state index in [1.807, 2.05) is 24.5 Å². The minimum Gasteiger partial charge on any atom is -0.367 e. The van der Waals surface area contributed by atoms with Gasteiger partial charge < -0.3 is 4.90 Å². The first-order valence-corrected chi connectivity index (χ1v) is 9.84. The van der Waals surface area contributed by atoms with E-state index in [0.717, 1.165) is 32.7 Å². The van der Waals surface area contributed by atoms with Crippen molar-refractivity contribution < 1.29 is 4.39 Å². The maximum Gasteiger partial charge on any atom is 0.146 e. The van der Waals surface area contributed by atoms with Crippen molar-refractivity contribution in [3.05, 3.63) is 83.4 Å². The van der Waals surface area contributed by atoms with E-state index in [9.17, 15) is 4.39 Å². The lowest BCUT2D eigenvalue weighted by Crippen LogP contribution is -2.46. The molecule has 0 radical (unpaired) electrons. The number of para-hydroxylation sites is 1. The average Bonchev–Trinajstić information content (AvgIpc) is 2.71. The number of anilines is 1. The molecule has 4 rings (SSSR count). The highest BCUT2D eigenvalue weighted by Crippen LogP contribution is 2.26. The lowest BCUT2D eigenvalue weighted by atomic mass is 9.97. The molecule has 2 heterocycles. The number of benzene rings is 2. The van der Waals surface area contributed by atoms with Gasteiger partial charge in [0.2, 0.25) is 0 Å². The van der Waals surface area contributed by atoms with Crippen LogP contribution in [0, 0.1) is 19.7 Å². The lowest BCUT2D eigenvalue weighted by Gasteiger charge is -2.36. The first-order valence-electron chi connectivity index (χ1n) is 9.84. The van der Waals surface area contributed by atoms with Crippen LogP contribution < -0.4 is 4.90 Å². The summed E-state index contributed by atoms with van der Waals surface area (Å²) in [5, 5.41) is 0. The van der Waals surface area contributed by atoms with Crippen LogP contribution in [0.2, 0.25) is 0 Å². The SMILES string of the molecule is Cc1cccc(-c2cncc(CN3CCN(c4ccccc4F)CC3)c2)c1C. The summed E-state index contributed by atoms with van der Waals surface area (Å²) in [5.74, 6) is -0.138. The number of aromatic nitrogens is 1. The molecule has 1 saturated heterocycles. The van der Waals surface area contributed by atoms with Crippen molar-refractivity contribution in [2.45, 2.75) is 20.4 Å². The van der Waals surface area contributed by atoms with Gasteiger partial charge in [-0.15, -0.1) is 0 Å². The van der Waals surface area contributed by atoms with Crippen LogP contribution >= 0.6 is 0 Å². The van der Waals surface area contributed by atoms with Crippen molar-refractivity contribution in [1.82, 2.24) is 9.88 Å². The van der Waals surface area contributed by atoms with E-state index in [2.05, 4.69) is 52.9 Å². The molecule has 2 aromatic carbocycles. The molecule has 0 aliphatic carbocycles. The average molecular weight is 375 g/mol. The molecule has 28 heavy (non-hydrogen) atoms.